The quantitative estimate of drug-likeness (QED) is 0.770. The van der Waals surface area contributed by atoms with Crippen molar-refractivity contribution in [3.05, 3.63) is 70.8 Å². The van der Waals surface area contributed by atoms with Crippen molar-refractivity contribution in [3.63, 3.8) is 0 Å². The summed E-state index contributed by atoms with van der Waals surface area (Å²) >= 11 is 0. The third kappa shape index (κ3) is 6.42. The Morgan fingerprint density at radius 1 is 1.07 bits per heavy atom. The van der Waals surface area contributed by atoms with E-state index in [-0.39, 0.29) is 17.9 Å². The average Bonchev–Trinajstić information content (AvgIpc) is 2.91. The fraction of sp³-hybridized carbons (Fsp3) is 0.391. The van der Waals surface area contributed by atoms with Crippen LogP contribution >= 0.6 is 0 Å². The Morgan fingerprint density at radius 2 is 1.80 bits per heavy atom. The van der Waals surface area contributed by atoms with Gasteiger partial charge < -0.3 is 15.5 Å². The Hall–Kier alpha value is -2.67. The number of carbonyl (C=O) groups excluding carboxylic acids is 2. The third-order valence-electron chi connectivity index (χ3n) is 5.09. The molecule has 30 heavy (non-hydrogen) atoms. The zero-order valence-corrected chi connectivity index (χ0v) is 18.3. The van der Waals surface area contributed by atoms with Crippen LogP contribution in [0.3, 0.4) is 0 Å². The molecular weight excluding hydrogens is 398 g/mol. The summed E-state index contributed by atoms with van der Waals surface area (Å²) in [6.45, 7) is 5.97. The van der Waals surface area contributed by atoms with E-state index in [0.29, 0.717) is 43.2 Å². The van der Waals surface area contributed by atoms with Gasteiger partial charge in [0.05, 0.1) is 0 Å². The highest BCUT2D eigenvalue weighted by Crippen LogP contribution is 2.10. The first-order chi connectivity index (χ1) is 14.4. The summed E-state index contributed by atoms with van der Waals surface area (Å²) in [4.78, 5) is 26.7. The van der Waals surface area contributed by atoms with Crippen LogP contribution in [0.1, 0.15) is 34.0 Å². The van der Waals surface area contributed by atoms with Crippen LogP contribution in [0.5, 0.6) is 0 Å². The molecule has 0 aliphatic carbocycles. The van der Waals surface area contributed by atoms with Gasteiger partial charge in [0.25, 0.3) is 5.91 Å². The standard InChI is InChI=1S/C23H29N3O3S/c1-17-6-8-19(9-7-17)13-24-22(27)21-5-3-4-20(12-21)14-25-23(28)26-10-11-30(29)16-18(2)15-26/h3-9,12,18H,10-11,13-16H2,1-2H3,(H,24,27)(H,25,28). The molecule has 1 aliphatic rings. The number of carbonyl (C=O) groups is 2. The molecule has 1 fully saturated rings. The minimum atomic E-state index is -0.857. The molecular formula is C23H29N3O3S. The molecule has 3 amide bonds. The van der Waals surface area contributed by atoms with E-state index in [9.17, 15) is 13.8 Å². The van der Waals surface area contributed by atoms with Gasteiger partial charge in [-0.2, -0.15) is 0 Å². The van der Waals surface area contributed by atoms with Crippen molar-refractivity contribution in [2.75, 3.05) is 24.6 Å². The number of urea groups is 1. The summed E-state index contributed by atoms with van der Waals surface area (Å²) in [6, 6.07) is 15.2. The lowest BCUT2D eigenvalue weighted by atomic mass is 10.1. The minimum absolute atomic E-state index is 0.146. The van der Waals surface area contributed by atoms with Gasteiger partial charge >= 0.3 is 6.03 Å². The summed E-state index contributed by atoms with van der Waals surface area (Å²) in [5.41, 5.74) is 3.65. The van der Waals surface area contributed by atoms with Crippen molar-refractivity contribution in [1.82, 2.24) is 15.5 Å². The Kier molecular flexibility index (Phi) is 7.63. The second-order valence-corrected chi connectivity index (χ2v) is 9.51. The number of nitrogens with one attached hydrogen (secondary N) is 2. The second kappa shape index (κ2) is 10.4. The smallest absolute Gasteiger partial charge is 0.317 e. The summed E-state index contributed by atoms with van der Waals surface area (Å²) in [6.07, 6.45) is 0. The predicted octanol–water partition coefficient (Wildman–Crippen LogP) is 2.84. The molecule has 1 saturated heterocycles. The number of rotatable bonds is 5. The normalized spacial score (nSPS) is 19.1. The second-order valence-electron chi connectivity index (χ2n) is 7.89. The highest BCUT2D eigenvalue weighted by molar-refractivity contribution is 7.85. The van der Waals surface area contributed by atoms with Crippen LogP contribution in [0.15, 0.2) is 48.5 Å². The summed E-state index contributed by atoms with van der Waals surface area (Å²) in [5.74, 6) is 1.24. The van der Waals surface area contributed by atoms with E-state index >= 15 is 0 Å². The molecule has 160 valence electrons. The zero-order chi connectivity index (χ0) is 21.5. The van der Waals surface area contributed by atoms with Gasteiger partial charge in [-0.1, -0.05) is 48.9 Å². The van der Waals surface area contributed by atoms with E-state index in [1.807, 2.05) is 50.2 Å². The maximum Gasteiger partial charge on any atom is 0.317 e. The van der Waals surface area contributed by atoms with Crippen molar-refractivity contribution in [1.29, 1.82) is 0 Å². The molecule has 0 aromatic heterocycles. The molecule has 2 aromatic carbocycles. The average molecular weight is 428 g/mol. The fourth-order valence-corrected chi connectivity index (χ4v) is 4.75. The number of hydrogen-bond acceptors (Lipinski definition) is 3. The molecule has 2 atom stereocenters. The molecule has 7 heteroatoms. The first-order valence-corrected chi connectivity index (χ1v) is 11.7. The van der Waals surface area contributed by atoms with Crippen LogP contribution < -0.4 is 10.6 Å². The van der Waals surface area contributed by atoms with E-state index in [1.165, 1.54) is 5.56 Å². The van der Waals surface area contributed by atoms with Crippen LogP contribution in [0, 0.1) is 12.8 Å². The molecule has 2 unspecified atom stereocenters. The molecule has 3 rings (SSSR count). The molecule has 0 saturated carbocycles. The lowest BCUT2D eigenvalue weighted by molar-refractivity contribution is 0.0951. The van der Waals surface area contributed by atoms with Gasteiger partial charge in [-0.3, -0.25) is 9.00 Å². The topological polar surface area (TPSA) is 78.5 Å². The van der Waals surface area contributed by atoms with Crippen molar-refractivity contribution in [2.24, 2.45) is 5.92 Å². The van der Waals surface area contributed by atoms with E-state index in [2.05, 4.69) is 10.6 Å². The number of aryl methyl sites for hydroxylation is 1. The number of nitrogens with zero attached hydrogens (tertiary/aromatic N) is 1. The molecule has 2 N–H and O–H groups in total. The molecule has 2 aromatic rings. The van der Waals surface area contributed by atoms with Crippen LogP contribution in [-0.4, -0.2) is 45.6 Å². The maximum atomic E-state index is 12.5. The van der Waals surface area contributed by atoms with E-state index < -0.39 is 10.8 Å². The Bertz CT molecular complexity index is 914. The van der Waals surface area contributed by atoms with Crippen LogP contribution in [-0.2, 0) is 23.9 Å². The van der Waals surface area contributed by atoms with Gasteiger partial charge in [0, 0.05) is 54.0 Å². The largest absolute Gasteiger partial charge is 0.348 e. The summed E-state index contributed by atoms with van der Waals surface area (Å²) < 4.78 is 11.8. The molecule has 1 aliphatic heterocycles. The fourth-order valence-electron chi connectivity index (χ4n) is 3.42. The van der Waals surface area contributed by atoms with Gasteiger partial charge in [0.2, 0.25) is 0 Å². The van der Waals surface area contributed by atoms with Crippen LogP contribution in [0.2, 0.25) is 0 Å². The van der Waals surface area contributed by atoms with Gasteiger partial charge in [-0.25, -0.2) is 4.79 Å². The lowest BCUT2D eigenvalue weighted by Gasteiger charge is -2.22. The third-order valence-corrected chi connectivity index (χ3v) is 6.66. The van der Waals surface area contributed by atoms with Gasteiger partial charge in [0.1, 0.15) is 0 Å². The highest BCUT2D eigenvalue weighted by atomic mass is 32.2. The number of hydrogen-bond donors (Lipinski definition) is 2. The predicted molar refractivity (Wildman–Crippen MR) is 120 cm³/mol. The molecule has 0 spiro atoms. The zero-order valence-electron chi connectivity index (χ0n) is 17.5. The van der Waals surface area contributed by atoms with Gasteiger partial charge in [-0.15, -0.1) is 0 Å². The van der Waals surface area contributed by atoms with Crippen LogP contribution in [0.4, 0.5) is 4.79 Å². The van der Waals surface area contributed by atoms with E-state index in [4.69, 9.17) is 0 Å². The Morgan fingerprint density at radius 3 is 2.57 bits per heavy atom. The summed E-state index contributed by atoms with van der Waals surface area (Å²) in [5, 5.41) is 5.85. The first-order valence-electron chi connectivity index (χ1n) is 10.2. The first kappa shape index (κ1) is 22.0. The van der Waals surface area contributed by atoms with E-state index in [0.717, 1.165) is 11.1 Å². The monoisotopic (exact) mass is 427 g/mol. The summed E-state index contributed by atoms with van der Waals surface area (Å²) in [7, 11) is -0.857. The molecule has 0 bridgehead atoms. The Labute approximate surface area is 180 Å². The number of amides is 3. The molecule has 1 heterocycles. The van der Waals surface area contributed by atoms with Crippen molar-refractivity contribution in [2.45, 2.75) is 26.9 Å². The number of benzene rings is 2. The highest BCUT2D eigenvalue weighted by Gasteiger charge is 2.22. The van der Waals surface area contributed by atoms with Gasteiger partial charge in [0.15, 0.2) is 0 Å². The SMILES string of the molecule is Cc1ccc(CNC(=O)c2cccc(CNC(=O)N3CCS(=O)CC(C)C3)c2)cc1. The Balaban J connectivity index is 1.53. The maximum absolute atomic E-state index is 12.5. The van der Waals surface area contributed by atoms with Gasteiger partial charge in [-0.05, 0) is 36.1 Å². The van der Waals surface area contributed by atoms with Crippen molar-refractivity contribution < 1.29 is 13.8 Å². The molecule has 6 nitrogen and oxygen atoms in total. The minimum Gasteiger partial charge on any atom is -0.348 e. The molecule has 0 radical (unpaired) electrons. The lowest BCUT2D eigenvalue weighted by Crippen LogP contribution is -2.42. The van der Waals surface area contributed by atoms with Crippen LogP contribution in [0.25, 0.3) is 0 Å². The van der Waals surface area contributed by atoms with E-state index in [1.54, 1.807) is 17.0 Å². The van der Waals surface area contributed by atoms with Crippen molar-refractivity contribution in [3.8, 4) is 0 Å². The van der Waals surface area contributed by atoms with Crippen molar-refractivity contribution >= 4 is 22.7 Å².